The van der Waals surface area contributed by atoms with Crippen LogP contribution < -0.4 is 11.1 Å². The number of nitrogens with two attached hydrogens (primary N) is 1. The molecule has 1 rings (SSSR count). The van der Waals surface area contributed by atoms with Crippen LogP contribution in [0.3, 0.4) is 0 Å². The highest BCUT2D eigenvalue weighted by Gasteiger charge is 2.34. The minimum Gasteiger partial charge on any atom is -0.409 e. The molecule has 0 aromatic rings. The van der Waals surface area contributed by atoms with Gasteiger partial charge in [0.25, 0.3) is 0 Å². The van der Waals surface area contributed by atoms with Crippen LogP contribution >= 0.6 is 0 Å². The predicted molar refractivity (Wildman–Crippen MR) is 69.9 cm³/mol. The molecule has 0 saturated carbocycles. The third-order valence-corrected chi connectivity index (χ3v) is 3.68. The van der Waals surface area contributed by atoms with Crippen molar-refractivity contribution in [2.45, 2.75) is 32.3 Å². The van der Waals surface area contributed by atoms with Gasteiger partial charge in [-0.1, -0.05) is 19.0 Å². The summed E-state index contributed by atoms with van der Waals surface area (Å²) in [6, 6.07) is 0. The molecule has 1 unspecified atom stereocenters. The third kappa shape index (κ3) is 3.83. The first kappa shape index (κ1) is 15.2. The van der Waals surface area contributed by atoms with E-state index in [2.05, 4.69) is 10.5 Å². The van der Waals surface area contributed by atoms with E-state index in [0.717, 1.165) is 32.5 Å². The van der Waals surface area contributed by atoms with Crippen molar-refractivity contribution in [1.29, 1.82) is 0 Å². The van der Waals surface area contributed by atoms with Gasteiger partial charge in [-0.2, -0.15) is 0 Å². The fourth-order valence-electron chi connectivity index (χ4n) is 1.94. The van der Waals surface area contributed by atoms with E-state index in [1.165, 1.54) is 0 Å². The molecule has 1 aliphatic heterocycles. The van der Waals surface area contributed by atoms with E-state index >= 15 is 0 Å². The van der Waals surface area contributed by atoms with Gasteiger partial charge in [0, 0.05) is 32.1 Å². The van der Waals surface area contributed by atoms with Gasteiger partial charge in [0.1, 0.15) is 11.4 Å². The molecule has 0 radical (unpaired) electrons. The number of hydrogen-bond donors (Lipinski definition) is 3. The fourth-order valence-corrected chi connectivity index (χ4v) is 1.94. The SMILES string of the molecule is COC1(CNCCC(C)(C)C(N)=NO)CCOC1. The Kier molecular flexibility index (Phi) is 5.37. The summed E-state index contributed by atoms with van der Waals surface area (Å²) in [6.45, 7) is 6.85. The first-order valence-corrected chi connectivity index (χ1v) is 6.27. The molecular formula is C12H25N3O3. The average Bonchev–Trinajstić information content (AvgIpc) is 2.83. The van der Waals surface area contributed by atoms with Crippen molar-refractivity contribution < 1.29 is 14.7 Å². The van der Waals surface area contributed by atoms with Crippen molar-refractivity contribution in [3.63, 3.8) is 0 Å². The van der Waals surface area contributed by atoms with Crippen molar-refractivity contribution in [3.05, 3.63) is 0 Å². The largest absolute Gasteiger partial charge is 0.409 e. The van der Waals surface area contributed by atoms with Crippen LogP contribution in [0.4, 0.5) is 0 Å². The van der Waals surface area contributed by atoms with E-state index in [4.69, 9.17) is 20.4 Å². The first-order valence-electron chi connectivity index (χ1n) is 6.27. The molecule has 1 atom stereocenters. The standard InChI is InChI=1S/C12H25N3O3/c1-11(2,10(13)15-16)4-6-14-8-12(17-3)5-7-18-9-12/h14,16H,4-9H2,1-3H3,(H2,13,15). The molecule has 1 heterocycles. The van der Waals surface area contributed by atoms with Gasteiger partial charge in [-0.25, -0.2) is 0 Å². The van der Waals surface area contributed by atoms with Crippen molar-refractivity contribution in [1.82, 2.24) is 5.32 Å². The Morgan fingerprint density at radius 2 is 2.33 bits per heavy atom. The van der Waals surface area contributed by atoms with E-state index in [-0.39, 0.29) is 16.9 Å². The number of rotatable bonds is 7. The number of nitrogens with zero attached hydrogens (tertiary/aromatic N) is 1. The third-order valence-electron chi connectivity index (χ3n) is 3.68. The van der Waals surface area contributed by atoms with E-state index in [0.29, 0.717) is 6.61 Å². The number of nitrogens with one attached hydrogen (secondary N) is 1. The number of oxime groups is 1. The quantitative estimate of drug-likeness (QED) is 0.204. The Labute approximate surface area is 109 Å². The van der Waals surface area contributed by atoms with E-state index < -0.39 is 0 Å². The van der Waals surface area contributed by atoms with E-state index in [1.807, 2.05) is 13.8 Å². The predicted octanol–water partition coefficient (Wildman–Crippen LogP) is 0.544. The molecule has 0 aliphatic carbocycles. The molecule has 0 bridgehead atoms. The molecule has 6 nitrogen and oxygen atoms in total. The number of methoxy groups -OCH3 is 1. The van der Waals surface area contributed by atoms with Crippen LogP contribution in [-0.2, 0) is 9.47 Å². The molecule has 0 aromatic carbocycles. The fraction of sp³-hybridized carbons (Fsp3) is 0.917. The topological polar surface area (TPSA) is 89.1 Å². The van der Waals surface area contributed by atoms with E-state index in [1.54, 1.807) is 7.11 Å². The Morgan fingerprint density at radius 1 is 1.61 bits per heavy atom. The van der Waals surface area contributed by atoms with Crippen LogP contribution in [0.15, 0.2) is 5.16 Å². The minimum absolute atomic E-state index is 0.194. The van der Waals surface area contributed by atoms with Crippen molar-refractivity contribution in [2.75, 3.05) is 33.4 Å². The van der Waals surface area contributed by atoms with Gasteiger partial charge >= 0.3 is 0 Å². The summed E-state index contributed by atoms with van der Waals surface area (Å²) in [5.74, 6) is 0.259. The minimum atomic E-state index is -0.311. The Balaban J connectivity index is 2.30. The lowest BCUT2D eigenvalue weighted by Crippen LogP contribution is -2.44. The van der Waals surface area contributed by atoms with E-state index in [9.17, 15) is 0 Å². The van der Waals surface area contributed by atoms with Gasteiger partial charge in [-0.05, 0) is 13.0 Å². The molecule has 1 fully saturated rings. The Bertz CT molecular complexity index is 286. The maximum atomic E-state index is 8.68. The summed E-state index contributed by atoms with van der Waals surface area (Å²) in [4.78, 5) is 0. The lowest BCUT2D eigenvalue weighted by atomic mass is 9.88. The second kappa shape index (κ2) is 6.36. The normalized spacial score (nSPS) is 25.6. The number of hydrogen-bond acceptors (Lipinski definition) is 5. The maximum absolute atomic E-state index is 8.68. The molecule has 4 N–H and O–H groups in total. The highest BCUT2D eigenvalue weighted by molar-refractivity contribution is 5.85. The monoisotopic (exact) mass is 259 g/mol. The maximum Gasteiger partial charge on any atom is 0.144 e. The summed E-state index contributed by atoms with van der Waals surface area (Å²) >= 11 is 0. The number of ether oxygens (including phenoxy) is 2. The summed E-state index contributed by atoms with van der Waals surface area (Å²) in [6.07, 6.45) is 1.71. The van der Waals surface area contributed by atoms with Gasteiger partial charge in [0.2, 0.25) is 0 Å². The molecule has 6 heteroatoms. The van der Waals surface area contributed by atoms with Crippen LogP contribution in [-0.4, -0.2) is 50.1 Å². The highest BCUT2D eigenvalue weighted by Crippen LogP contribution is 2.22. The van der Waals surface area contributed by atoms with Crippen LogP contribution in [0.2, 0.25) is 0 Å². The zero-order valence-electron chi connectivity index (χ0n) is 11.5. The molecule has 1 aliphatic rings. The first-order chi connectivity index (χ1) is 8.46. The Morgan fingerprint density at radius 3 is 2.83 bits per heavy atom. The van der Waals surface area contributed by atoms with Crippen LogP contribution in [0, 0.1) is 5.41 Å². The molecule has 0 spiro atoms. The van der Waals surface area contributed by atoms with Crippen LogP contribution in [0.5, 0.6) is 0 Å². The van der Waals surface area contributed by atoms with Gasteiger partial charge < -0.3 is 25.7 Å². The van der Waals surface area contributed by atoms with Crippen LogP contribution in [0.25, 0.3) is 0 Å². The van der Waals surface area contributed by atoms with Crippen LogP contribution in [0.1, 0.15) is 26.7 Å². The summed E-state index contributed by atoms with van der Waals surface area (Å²) in [5, 5.41) is 15.1. The van der Waals surface area contributed by atoms with Gasteiger partial charge in [-0.3, -0.25) is 0 Å². The second-order valence-electron chi connectivity index (χ2n) is 5.49. The molecule has 0 aromatic heterocycles. The lowest BCUT2D eigenvalue weighted by Gasteiger charge is -2.28. The smallest absolute Gasteiger partial charge is 0.144 e. The summed E-state index contributed by atoms with van der Waals surface area (Å²) in [5.41, 5.74) is 5.13. The average molecular weight is 259 g/mol. The van der Waals surface area contributed by atoms with Gasteiger partial charge in [0.15, 0.2) is 0 Å². The molecule has 18 heavy (non-hydrogen) atoms. The molecule has 1 saturated heterocycles. The number of amidine groups is 1. The molecule has 106 valence electrons. The van der Waals surface area contributed by atoms with Gasteiger partial charge in [-0.15, -0.1) is 0 Å². The summed E-state index contributed by atoms with van der Waals surface area (Å²) in [7, 11) is 1.72. The Hall–Kier alpha value is -0.850. The molecular weight excluding hydrogens is 234 g/mol. The zero-order chi connectivity index (χ0) is 13.6. The summed E-state index contributed by atoms with van der Waals surface area (Å²) < 4.78 is 10.9. The highest BCUT2D eigenvalue weighted by atomic mass is 16.5. The van der Waals surface area contributed by atoms with Gasteiger partial charge in [0.05, 0.1) is 6.61 Å². The lowest BCUT2D eigenvalue weighted by molar-refractivity contribution is -0.0158. The van der Waals surface area contributed by atoms with Crippen molar-refractivity contribution in [2.24, 2.45) is 16.3 Å². The second-order valence-corrected chi connectivity index (χ2v) is 5.49. The molecule has 0 amide bonds. The van der Waals surface area contributed by atoms with Crippen molar-refractivity contribution >= 4 is 5.84 Å². The zero-order valence-corrected chi connectivity index (χ0v) is 11.5. The van der Waals surface area contributed by atoms with Crippen molar-refractivity contribution in [3.8, 4) is 0 Å².